The van der Waals surface area contributed by atoms with Crippen LogP contribution >= 0.6 is 11.5 Å². The topological polar surface area (TPSA) is 135 Å². The highest BCUT2D eigenvalue weighted by Gasteiger charge is 2.44. The lowest BCUT2D eigenvalue weighted by atomic mass is 10.0. The number of fused-ring (bicyclic) bond motifs is 2. The summed E-state index contributed by atoms with van der Waals surface area (Å²) in [4.78, 5) is 39.6. The van der Waals surface area contributed by atoms with E-state index in [9.17, 15) is 18.0 Å². The van der Waals surface area contributed by atoms with Crippen molar-refractivity contribution in [2.45, 2.75) is 23.8 Å². The molecule has 1 aromatic carbocycles. The van der Waals surface area contributed by atoms with Gasteiger partial charge in [0.15, 0.2) is 11.9 Å². The van der Waals surface area contributed by atoms with E-state index in [1.54, 1.807) is 41.3 Å². The Morgan fingerprint density at radius 2 is 1.93 bits per heavy atom. The zero-order chi connectivity index (χ0) is 28.0. The molecule has 2 fully saturated rings. The van der Waals surface area contributed by atoms with E-state index in [2.05, 4.69) is 29.4 Å². The fourth-order valence-corrected chi connectivity index (χ4v) is 7.68. The number of anilines is 2. The van der Waals surface area contributed by atoms with E-state index < -0.39 is 10.0 Å². The molecule has 1 aliphatic heterocycles. The van der Waals surface area contributed by atoms with Gasteiger partial charge in [-0.15, -0.1) is 0 Å². The highest BCUT2D eigenvalue weighted by Crippen LogP contribution is 2.44. The quantitative estimate of drug-likeness (QED) is 0.270. The van der Waals surface area contributed by atoms with Crippen LogP contribution in [0.3, 0.4) is 0 Å². The molecular weight excluding hydrogens is 552 g/mol. The molecule has 204 valence electrons. The second-order valence-electron chi connectivity index (χ2n) is 9.94. The Labute approximate surface area is 234 Å². The number of rotatable bonds is 6. The van der Waals surface area contributed by atoms with E-state index in [1.807, 2.05) is 7.05 Å². The number of hydrogen-bond donors (Lipinski definition) is 1. The van der Waals surface area contributed by atoms with E-state index in [4.69, 9.17) is 6.57 Å². The van der Waals surface area contributed by atoms with Crippen LogP contribution < -0.4 is 10.2 Å². The number of likely N-dealkylation sites (tertiary alicyclic amines) is 1. The molecule has 6 rings (SSSR count). The van der Waals surface area contributed by atoms with Gasteiger partial charge in [0, 0.05) is 55.5 Å². The maximum atomic E-state index is 13.3. The predicted octanol–water partition coefficient (Wildman–Crippen LogP) is 3.87. The van der Waals surface area contributed by atoms with Gasteiger partial charge in [0.1, 0.15) is 0 Å². The van der Waals surface area contributed by atoms with Gasteiger partial charge >= 0.3 is 6.03 Å². The first-order valence-corrected chi connectivity index (χ1v) is 14.8. The standard InChI is InChI=1S/C26H24N8O4S2/c1-27-21-12-28-24-20(8-9-34(24)40(37,38)19-6-4-3-5-7-19)23(21)32(2)18-10-16-13-33(14-17(16)11-18)26(36)30-25-29-22(15-35)31-39-25/h3-9,12,15-18H,10-11,13-14H2,2H3,(H,29,30,31,36)/t16-,17+,18?. The average Bonchev–Trinajstić information content (AvgIpc) is 3.75. The molecule has 3 aromatic heterocycles. The lowest BCUT2D eigenvalue weighted by Gasteiger charge is -2.30. The van der Waals surface area contributed by atoms with Gasteiger partial charge in [0.2, 0.25) is 16.6 Å². The third kappa shape index (κ3) is 4.37. The number of carbonyl (C=O) groups is 2. The molecular formula is C26H24N8O4S2. The van der Waals surface area contributed by atoms with Gasteiger partial charge in [-0.3, -0.25) is 10.1 Å². The van der Waals surface area contributed by atoms with Crippen LogP contribution in [0.1, 0.15) is 23.5 Å². The van der Waals surface area contributed by atoms with Crippen molar-refractivity contribution in [2.24, 2.45) is 11.8 Å². The number of nitrogens with one attached hydrogen (secondary N) is 1. The van der Waals surface area contributed by atoms with Crippen LogP contribution in [0.15, 0.2) is 53.7 Å². The van der Waals surface area contributed by atoms with E-state index >= 15 is 0 Å². The predicted molar refractivity (Wildman–Crippen MR) is 149 cm³/mol. The number of pyridine rings is 1. The first kappa shape index (κ1) is 25.9. The Hall–Kier alpha value is -4.35. The third-order valence-corrected chi connectivity index (χ3v) is 10.1. The number of benzene rings is 1. The molecule has 4 aromatic rings. The van der Waals surface area contributed by atoms with E-state index in [1.165, 1.54) is 16.4 Å². The molecule has 12 nitrogen and oxygen atoms in total. The van der Waals surface area contributed by atoms with E-state index in [0.29, 0.717) is 36.1 Å². The summed E-state index contributed by atoms with van der Waals surface area (Å²) in [7, 11) is -1.93. The monoisotopic (exact) mass is 576 g/mol. The molecule has 0 radical (unpaired) electrons. The van der Waals surface area contributed by atoms with Crippen LogP contribution in [0.25, 0.3) is 15.9 Å². The number of urea groups is 1. The molecule has 2 amide bonds. The van der Waals surface area contributed by atoms with E-state index in [-0.39, 0.29) is 45.4 Å². The minimum atomic E-state index is -3.86. The number of aromatic nitrogens is 4. The summed E-state index contributed by atoms with van der Waals surface area (Å²) < 4.78 is 31.7. The SMILES string of the molecule is [C-]#[N+]c1cnc2c(ccn2S(=O)(=O)c2ccccc2)c1N(C)C1C[C@@H]2CN(C(=O)Nc3nc(C=O)ns3)C[C@@H]2C1. The zero-order valence-electron chi connectivity index (χ0n) is 21.3. The van der Waals surface area contributed by atoms with Crippen molar-refractivity contribution in [3.8, 4) is 0 Å². The number of amides is 2. The van der Waals surface area contributed by atoms with Crippen LogP contribution in [0.5, 0.6) is 0 Å². The molecule has 0 spiro atoms. The molecule has 1 saturated carbocycles. The lowest BCUT2D eigenvalue weighted by molar-refractivity contribution is 0.111. The smallest absolute Gasteiger partial charge is 0.323 e. The highest BCUT2D eigenvalue weighted by molar-refractivity contribution is 7.90. The second kappa shape index (κ2) is 10.00. The average molecular weight is 577 g/mol. The first-order chi connectivity index (χ1) is 19.3. The van der Waals surface area contributed by atoms with Crippen molar-refractivity contribution in [3.63, 3.8) is 0 Å². The van der Waals surface area contributed by atoms with Crippen LogP contribution in [-0.2, 0) is 10.0 Å². The minimum Gasteiger partial charge on any atom is -0.380 e. The molecule has 1 N–H and O–H groups in total. The molecule has 1 unspecified atom stereocenters. The fourth-order valence-electron chi connectivity index (χ4n) is 5.83. The zero-order valence-corrected chi connectivity index (χ0v) is 23.0. The number of nitrogens with zero attached hydrogens (tertiary/aromatic N) is 7. The van der Waals surface area contributed by atoms with Crippen LogP contribution in [0.4, 0.5) is 21.3 Å². The van der Waals surface area contributed by atoms with Crippen LogP contribution in [0.2, 0.25) is 0 Å². The molecule has 14 heteroatoms. The van der Waals surface area contributed by atoms with Crippen molar-refractivity contribution in [1.29, 1.82) is 0 Å². The van der Waals surface area contributed by atoms with Gasteiger partial charge in [-0.1, -0.05) is 18.2 Å². The minimum absolute atomic E-state index is 0.0430. The Balaban J connectivity index is 1.21. The van der Waals surface area contributed by atoms with Crippen LogP contribution in [0, 0.1) is 18.4 Å². The van der Waals surface area contributed by atoms with Crippen molar-refractivity contribution < 1.29 is 18.0 Å². The summed E-state index contributed by atoms with van der Waals surface area (Å²) >= 11 is 0.964. The van der Waals surface area contributed by atoms with E-state index in [0.717, 1.165) is 24.4 Å². The van der Waals surface area contributed by atoms with Crippen molar-refractivity contribution in [1.82, 2.24) is 23.2 Å². The number of aldehydes is 1. The summed E-state index contributed by atoms with van der Waals surface area (Å²) in [5.41, 5.74) is 1.28. The normalized spacial score (nSPS) is 20.3. The summed E-state index contributed by atoms with van der Waals surface area (Å²) in [6.07, 6.45) is 5.10. The summed E-state index contributed by atoms with van der Waals surface area (Å²) in [5, 5.41) is 3.61. The Morgan fingerprint density at radius 3 is 2.58 bits per heavy atom. The second-order valence-corrected chi connectivity index (χ2v) is 12.5. The van der Waals surface area contributed by atoms with Gasteiger partial charge in [0.25, 0.3) is 10.0 Å². The molecule has 3 atom stereocenters. The van der Waals surface area contributed by atoms with Crippen molar-refractivity contribution in [2.75, 3.05) is 30.4 Å². The Morgan fingerprint density at radius 1 is 1.20 bits per heavy atom. The molecule has 0 bridgehead atoms. The molecule has 1 saturated heterocycles. The lowest BCUT2D eigenvalue weighted by Crippen LogP contribution is -2.36. The Kier molecular flexibility index (Phi) is 6.47. The van der Waals surface area contributed by atoms with Gasteiger partial charge < -0.3 is 9.80 Å². The van der Waals surface area contributed by atoms with Crippen LogP contribution in [-0.4, -0.2) is 70.1 Å². The maximum Gasteiger partial charge on any atom is 0.323 e. The molecule has 2 aliphatic rings. The summed E-state index contributed by atoms with van der Waals surface area (Å²) in [6.45, 7) is 8.93. The summed E-state index contributed by atoms with van der Waals surface area (Å²) in [6, 6.07) is 9.73. The molecule has 40 heavy (non-hydrogen) atoms. The highest BCUT2D eigenvalue weighted by atomic mass is 32.2. The summed E-state index contributed by atoms with van der Waals surface area (Å²) in [5.74, 6) is 0.617. The largest absolute Gasteiger partial charge is 0.380 e. The Bertz CT molecular complexity index is 1750. The van der Waals surface area contributed by atoms with Gasteiger partial charge in [-0.2, -0.15) is 9.36 Å². The van der Waals surface area contributed by atoms with Gasteiger partial charge in [-0.05, 0) is 42.9 Å². The number of hydrogen-bond acceptors (Lipinski definition) is 9. The fraction of sp³-hybridized carbons (Fsp3) is 0.308. The number of carbonyl (C=O) groups excluding carboxylic acids is 2. The third-order valence-electron chi connectivity index (χ3n) is 7.73. The van der Waals surface area contributed by atoms with Crippen molar-refractivity contribution >= 4 is 61.4 Å². The van der Waals surface area contributed by atoms with Crippen molar-refractivity contribution in [3.05, 3.63) is 66.0 Å². The van der Waals surface area contributed by atoms with Gasteiger partial charge in [-0.25, -0.2) is 27.0 Å². The molecule has 1 aliphatic carbocycles. The van der Waals surface area contributed by atoms with Gasteiger partial charge in [0.05, 0.1) is 17.2 Å². The first-order valence-electron chi connectivity index (χ1n) is 12.6. The maximum absolute atomic E-state index is 13.3. The molecule has 4 heterocycles.